The zero-order chi connectivity index (χ0) is 23.9. The molecule has 1 saturated heterocycles. The number of hydrogen-bond donors (Lipinski definition) is 0. The van der Waals surface area contributed by atoms with E-state index in [2.05, 4.69) is 22.0 Å². The summed E-state index contributed by atoms with van der Waals surface area (Å²) in [7, 11) is 3.26. The number of benzene rings is 3. The minimum absolute atomic E-state index is 0.0364. The van der Waals surface area contributed by atoms with Gasteiger partial charge in [-0.15, -0.1) is 0 Å². The molecule has 0 spiro atoms. The first-order valence-corrected chi connectivity index (χ1v) is 11.4. The molecule has 34 heavy (non-hydrogen) atoms. The molecule has 4 nitrogen and oxygen atoms in total. The summed E-state index contributed by atoms with van der Waals surface area (Å²) in [6, 6.07) is 19.1. The average molecular weight is 465 g/mol. The Morgan fingerprint density at radius 3 is 1.85 bits per heavy atom. The molecule has 1 fully saturated rings. The Balaban J connectivity index is 1.40. The van der Waals surface area contributed by atoms with Crippen LogP contribution < -0.4 is 9.47 Å². The van der Waals surface area contributed by atoms with Crippen molar-refractivity contribution in [3.05, 3.63) is 101 Å². The Bertz CT molecular complexity index is 1050. The van der Waals surface area contributed by atoms with E-state index in [4.69, 9.17) is 9.47 Å². The fraction of sp³-hybridized carbons (Fsp3) is 0.286. The highest BCUT2D eigenvalue weighted by Gasteiger charge is 2.26. The number of halogens is 2. The fourth-order valence-electron chi connectivity index (χ4n) is 4.40. The molecule has 1 aliphatic rings. The van der Waals surface area contributed by atoms with Crippen LogP contribution in [0.4, 0.5) is 8.78 Å². The summed E-state index contributed by atoms with van der Waals surface area (Å²) < 4.78 is 37.7. The van der Waals surface area contributed by atoms with Gasteiger partial charge < -0.3 is 9.47 Å². The number of hydrogen-bond acceptors (Lipinski definition) is 4. The summed E-state index contributed by atoms with van der Waals surface area (Å²) in [6.07, 6.45) is 4.25. The van der Waals surface area contributed by atoms with E-state index < -0.39 is 0 Å². The van der Waals surface area contributed by atoms with Crippen LogP contribution in [0.1, 0.15) is 22.7 Å². The number of piperazine rings is 1. The third kappa shape index (κ3) is 5.82. The minimum Gasteiger partial charge on any atom is -0.493 e. The largest absolute Gasteiger partial charge is 0.493 e. The lowest BCUT2D eigenvalue weighted by Crippen LogP contribution is -2.47. The third-order valence-corrected chi connectivity index (χ3v) is 6.23. The van der Waals surface area contributed by atoms with Crippen LogP contribution in [-0.2, 0) is 0 Å². The maximum atomic E-state index is 13.5. The van der Waals surface area contributed by atoms with Crippen molar-refractivity contribution in [1.82, 2.24) is 9.80 Å². The topological polar surface area (TPSA) is 24.9 Å². The molecule has 0 aliphatic carbocycles. The number of rotatable bonds is 8. The highest BCUT2D eigenvalue weighted by molar-refractivity contribution is 5.56. The van der Waals surface area contributed by atoms with Gasteiger partial charge in [-0.3, -0.25) is 9.80 Å². The lowest BCUT2D eigenvalue weighted by Gasteiger charge is -2.39. The molecule has 0 unspecified atom stereocenters. The van der Waals surface area contributed by atoms with Crippen molar-refractivity contribution >= 4 is 6.08 Å². The Kier molecular flexibility index (Phi) is 7.93. The van der Waals surface area contributed by atoms with Crippen LogP contribution in [0.25, 0.3) is 6.08 Å². The lowest BCUT2D eigenvalue weighted by atomic mass is 9.96. The maximum absolute atomic E-state index is 13.5. The quantitative estimate of drug-likeness (QED) is 0.446. The maximum Gasteiger partial charge on any atom is 0.161 e. The van der Waals surface area contributed by atoms with E-state index >= 15 is 0 Å². The van der Waals surface area contributed by atoms with Crippen molar-refractivity contribution in [2.75, 3.05) is 46.9 Å². The molecular weight excluding hydrogens is 434 g/mol. The van der Waals surface area contributed by atoms with Crippen LogP contribution in [0, 0.1) is 11.6 Å². The van der Waals surface area contributed by atoms with Crippen molar-refractivity contribution in [3.63, 3.8) is 0 Å². The molecule has 4 rings (SSSR count). The van der Waals surface area contributed by atoms with E-state index in [-0.39, 0.29) is 17.7 Å². The van der Waals surface area contributed by atoms with Crippen molar-refractivity contribution in [3.8, 4) is 11.5 Å². The normalized spacial score (nSPS) is 15.2. The first-order chi connectivity index (χ1) is 16.6. The molecule has 0 N–H and O–H groups in total. The van der Waals surface area contributed by atoms with Gasteiger partial charge in [0.15, 0.2) is 11.5 Å². The Morgan fingerprint density at radius 1 is 0.765 bits per heavy atom. The number of ether oxygens (including phenoxy) is 2. The Hall–Kier alpha value is -3.22. The molecule has 1 heterocycles. The molecule has 1 aliphatic heterocycles. The van der Waals surface area contributed by atoms with Crippen LogP contribution in [0.3, 0.4) is 0 Å². The van der Waals surface area contributed by atoms with Gasteiger partial charge in [0.2, 0.25) is 0 Å². The Morgan fingerprint density at radius 2 is 1.32 bits per heavy atom. The monoisotopic (exact) mass is 464 g/mol. The summed E-state index contributed by atoms with van der Waals surface area (Å²) in [4.78, 5) is 4.79. The number of methoxy groups -OCH3 is 2. The predicted molar refractivity (Wildman–Crippen MR) is 131 cm³/mol. The van der Waals surface area contributed by atoms with E-state index in [1.165, 1.54) is 24.3 Å². The molecule has 0 aromatic heterocycles. The van der Waals surface area contributed by atoms with Gasteiger partial charge in [-0.1, -0.05) is 42.5 Å². The van der Waals surface area contributed by atoms with Crippen molar-refractivity contribution in [1.29, 1.82) is 0 Å². The molecule has 0 saturated carbocycles. The molecule has 6 heteroatoms. The molecule has 3 aromatic carbocycles. The lowest BCUT2D eigenvalue weighted by molar-refractivity contribution is 0.118. The predicted octanol–water partition coefficient (Wildman–Crippen LogP) is 5.40. The zero-order valence-corrected chi connectivity index (χ0v) is 19.6. The fourth-order valence-corrected chi connectivity index (χ4v) is 4.40. The standard InChI is InChI=1S/C28H30F2N2O2/c1-33-26-14-5-21(20-27(26)34-2)4-3-15-31-16-18-32(19-17-31)28(22-6-10-24(29)11-7-22)23-8-12-25(30)13-9-23/h3-14,20,28H,15-19H2,1-2H3/b4-3-. The molecular formula is C28H30F2N2O2. The first-order valence-electron chi connectivity index (χ1n) is 11.4. The second-order valence-electron chi connectivity index (χ2n) is 8.36. The molecule has 0 radical (unpaired) electrons. The summed E-state index contributed by atoms with van der Waals surface area (Å²) in [6.45, 7) is 4.40. The van der Waals surface area contributed by atoms with Crippen molar-refractivity contribution in [2.45, 2.75) is 6.04 Å². The van der Waals surface area contributed by atoms with E-state index in [9.17, 15) is 8.78 Å². The average Bonchev–Trinajstić information content (AvgIpc) is 2.87. The Labute approximate surface area is 200 Å². The number of nitrogens with zero attached hydrogens (tertiary/aromatic N) is 2. The molecule has 0 atom stereocenters. The second kappa shape index (κ2) is 11.3. The molecule has 178 valence electrons. The van der Waals surface area contributed by atoms with Gasteiger partial charge in [-0.2, -0.15) is 0 Å². The van der Waals surface area contributed by atoms with Gasteiger partial charge in [-0.05, 0) is 53.1 Å². The van der Waals surface area contributed by atoms with Gasteiger partial charge in [0.1, 0.15) is 11.6 Å². The first kappa shape index (κ1) is 23.9. The highest BCUT2D eigenvalue weighted by atomic mass is 19.1. The molecule has 0 amide bonds. The van der Waals surface area contributed by atoms with Gasteiger partial charge in [0.25, 0.3) is 0 Å². The van der Waals surface area contributed by atoms with Gasteiger partial charge in [-0.25, -0.2) is 8.78 Å². The van der Waals surface area contributed by atoms with E-state index in [0.29, 0.717) is 11.5 Å². The SMILES string of the molecule is COc1ccc(/C=C\CN2CCN(C(c3ccc(F)cc3)c3ccc(F)cc3)CC2)cc1OC. The molecule has 3 aromatic rings. The summed E-state index contributed by atoms with van der Waals surface area (Å²) in [5.74, 6) is 0.916. The van der Waals surface area contributed by atoms with E-state index in [0.717, 1.165) is 49.4 Å². The minimum atomic E-state index is -0.257. The third-order valence-electron chi connectivity index (χ3n) is 6.23. The summed E-state index contributed by atoms with van der Waals surface area (Å²) >= 11 is 0. The van der Waals surface area contributed by atoms with E-state index in [1.54, 1.807) is 14.2 Å². The second-order valence-corrected chi connectivity index (χ2v) is 8.36. The van der Waals surface area contributed by atoms with Crippen LogP contribution in [0.15, 0.2) is 72.8 Å². The van der Waals surface area contributed by atoms with Crippen LogP contribution in [0.2, 0.25) is 0 Å². The van der Waals surface area contributed by atoms with E-state index in [1.807, 2.05) is 42.5 Å². The van der Waals surface area contributed by atoms with Crippen LogP contribution in [0.5, 0.6) is 11.5 Å². The highest BCUT2D eigenvalue weighted by Crippen LogP contribution is 2.30. The van der Waals surface area contributed by atoms with Crippen molar-refractivity contribution in [2.24, 2.45) is 0 Å². The van der Waals surface area contributed by atoms with Crippen LogP contribution in [-0.4, -0.2) is 56.7 Å². The van der Waals surface area contributed by atoms with Crippen molar-refractivity contribution < 1.29 is 18.3 Å². The zero-order valence-electron chi connectivity index (χ0n) is 19.6. The van der Waals surface area contributed by atoms with Crippen LogP contribution >= 0.6 is 0 Å². The summed E-state index contributed by atoms with van der Waals surface area (Å²) in [5, 5.41) is 0. The van der Waals surface area contributed by atoms with Gasteiger partial charge >= 0.3 is 0 Å². The smallest absolute Gasteiger partial charge is 0.161 e. The van der Waals surface area contributed by atoms with Gasteiger partial charge in [0, 0.05) is 32.7 Å². The molecule has 0 bridgehead atoms. The van der Waals surface area contributed by atoms with Gasteiger partial charge in [0.05, 0.1) is 20.3 Å². The summed E-state index contributed by atoms with van der Waals surface area (Å²) in [5.41, 5.74) is 3.08.